The van der Waals surface area contributed by atoms with Gasteiger partial charge in [-0.05, 0) is 36.6 Å². The molecule has 4 nitrogen and oxygen atoms in total. The molecule has 1 saturated heterocycles. The van der Waals surface area contributed by atoms with Gasteiger partial charge in [-0.2, -0.15) is 0 Å². The molecule has 1 unspecified atom stereocenters. The fourth-order valence-corrected chi connectivity index (χ4v) is 2.36. The van der Waals surface area contributed by atoms with Crippen molar-refractivity contribution in [3.05, 3.63) is 23.8 Å². The van der Waals surface area contributed by atoms with Crippen LogP contribution in [0, 0.1) is 0 Å². The van der Waals surface area contributed by atoms with Crippen LogP contribution in [0.5, 0.6) is 11.5 Å². The van der Waals surface area contributed by atoms with Crippen molar-refractivity contribution in [1.29, 1.82) is 0 Å². The zero-order valence-electron chi connectivity index (χ0n) is 12.4. The van der Waals surface area contributed by atoms with E-state index in [2.05, 4.69) is 6.92 Å². The number of hydrogen-bond donors (Lipinski definition) is 1. The molecule has 1 atom stereocenters. The topological polar surface area (TPSA) is 53.7 Å². The highest BCUT2D eigenvalue weighted by Crippen LogP contribution is 2.28. The second-order valence-electron chi connectivity index (χ2n) is 5.28. The third-order valence-corrected chi connectivity index (χ3v) is 3.74. The lowest BCUT2D eigenvalue weighted by Crippen LogP contribution is -2.27. The maximum atomic E-state index is 6.14. The van der Waals surface area contributed by atoms with Crippen molar-refractivity contribution < 1.29 is 14.2 Å². The molecule has 0 radical (unpaired) electrons. The Morgan fingerprint density at radius 1 is 1.35 bits per heavy atom. The lowest BCUT2D eigenvalue weighted by atomic mass is 10.0. The van der Waals surface area contributed by atoms with Gasteiger partial charge in [0.25, 0.3) is 0 Å². The Morgan fingerprint density at radius 3 is 2.75 bits per heavy atom. The first-order valence-electron chi connectivity index (χ1n) is 7.39. The molecule has 1 aromatic carbocycles. The summed E-state index contributed by atoms with van der Waals surface area (Å²) in [7, 11) is 1.68. The summed E-state index contributed by atoms with van der Waals surface area (Å²) in [5.74, 6) is 1.78. The van der Waals surface area contributed by atoms with E-state index in [0.29, 0.717) is 0 Å². The van der Waals surface area contributed by atoms with Gasteiger partial charge in [0.1, 0.15) is 17.6 Å². The SMILES string of the molecule is CCC(N)Cc1cc(OC)ccc1OC1CCOCC1. The second-order valence-corrected chi connectivity index (χ2v) is 5.28. The van der Waals surface area contributed by atoms with E-state index in [4.69, 9.17) is 19.9 Å². The van der Waals surface area contributed by atoms with E-state index < -0.39 is 0 Å². The van der Waals surface area contributed by atoms with Crippen LogP contribution in [-0.4, -0.2) is 32.5 Å². The van der Waals surface area contributed by atoms with E-state index in [1.165, 1.54) is 0 Å². The first-order valence-corrected chi connectivity index (χ1v) is 7.39. The minimum atomic E-state index is 0.152. The van der Waals surface area contributed by atoms with Crippen LogP contribution in [0.2, 0.25) is 0 Å². The van der Waals surface area contributed by atoms with Crippen molar-refractivity contribution in [1.82, 2.24) is 0 Å². The Bertz CT molecular complexity index is 416. The zero-order chi connectivity index (χ0) is 14.4. The van der Waals surface area contributed by atoms with E-state index in [-0.39, 0.29) is 12.1 Å². The lowest BCUT2D eigenvalue weighted by molar-refractivity contribution is 0.0251. The summed E-state index contributed by atoms with van der Waals surface area (Å²) in [4.78, 5) is 0. The van der Waals surface area contributed by atoms with Crippen LogP contribution in [-0.2, 0) is 11.2 Å². The molecule has 4 heteroatoms. The average molecular weight is 279 g/mol. The molecule has 2 N–H and O–H groups in total. The molecule has 0 aromatic heterocycles. The highest BCUT2D eigenvalue weighted by atomic mass is 16.5. The molecule has 2 rings (SSSR count). The van der Waals surface area contributed by atoms with Crippen molar-refractivity contribution in [3.63, 3.8) is 0 Å². The summed E-state index contributed by atoms with van der Waals surface area (Å²) in [5, 5.41) is 0. The summed E-state index contributed by atoms with van der Waals surface area (Å²) >= 11 is 0. The number of hydrogen-bond acceptors (Lipinski definition) is 4. The summed E-state index contributed by atoms with van der Waals surface area (Å²) in [6.07, 6.45) is 3.91. The van der Waals surface area contributed by atoms with Crippen molar-refractivity contribution >= 4 is 0 Å². The van der Waals surface area contributed by atoms with Crippen molar-refractivity contribution in [2.45, 2.75) is 44.8 Å². The van der Waals surface area contributed by atoms with Crippen molar-refractivity contribution in [3.8, 4) is 11.5 Å². The van der Waals surface area contributed by atoms with Gasteiger partial charge in [0.05, 0.1) is 20.3 Å². The normalized spacial score (nSPS) is 17.8. The van der Waals surface area contributed by atoms with Gasteiger partial charge in [0, 0.05) is 18.9 Å². The molecule has 0 amide bonds. The molecule has 0 aliphatic carbocycles. The van der Waals surface area contributed by atoms with Crippen LogP contribution in [0.1, 0.15) is 31.7 Å². The van der Waals surface area contributed by atoms with E-state index in [1.54, 1.807) is 7.11 Å². The molecule has 1 aliphatic rings. The Morgan fingerprint density at radius 2 is 2.10 bits per heavy atom. The summed E-state index contributed by atoms with van der Waals surface area (Å²) in [5.41, 5.74) is 7.21. The third-order valence-electron chi connectivity index (χ3n) is 3.74. The number of rotatable bonds is 6. The standard InChI is InChI=1S/C16H25NO3/c1-3-13(17)10-12-11-15(18-2)4-5-16(12)20-14-6-8-19-9-7-14/h4-5,11,13-14H,3,6-10,17H2,1-2H3. The Hall–Kier alpha value is -1.26. The van der Waals surface area contributed by atoms with Gasteiger partial charge >= 0.3 is 0 Å². The summed E-state index contributed by atoms with van der Waals surface area (Å²) in [6, 6.07) is 6.12. The smallest absolute Gasteiger partial charge is 0.123 e. The van der Waals surface area contributed by atoms with Gasteiger partial charge in [0.15, 0.2) is 0 Å². The fourth-order valence-electron chi connectivity index (χ4n) is 2.36. The maximum Gasteiger partial charge on any atom is 0.123 e. The number of benzene rings is 1. The van der Waals surface area contributed by atoms with E-state index in [1.807, 2.05) is 18.2 Å². The van der Waals surface area contributed by atoms with Gasteiger partial charge in [-0.1, -0.05) is 6.92 Å². The quantitative estimate of drug-likeness (QED) is 0.869. The number of methoxy groups -OCH3 is 1. The first kappa shape index (κ1) is 15.1. The van der Waals surface area contributed by atoms with Crippen LogP contribution < -0.4 is 15.2 Å². The van der Waals surface area contributed by atoms with Crippen LogP contribution in [0.15, 0.2) is 18.2 Å². The first-order chi connectivity index (χ1) is 9.72. The molecule has 1 heterocycles. The molecule has 1 fully saturated rings. The maximum absolute atomic E-state index is 6.14. The predicted octanol–water partition coefficient (Wildman–Crippen LogP) is 2.53. The minimum Gasteiger partial charge on any atom is -0.497 e. The van der Waals surface area contributed by atoms with E-state index >= 15 is 0 Å². The molecule has 20 heavy (non-hydrogen) atoms. The Kier molecular flexibility index (Phi) is 5.68. The molecule has 112 valence electrons. The van der Waals surface area contributed by atoms with Gasteiger partial charge in [0.2, 0.25) is 0 Å². The lowest BCUT2D eigenvalue weighted by Gasteiger charge is -2.25. The molecule has 0 saturated carbocycles. The van der Waals surface area contributed by atoms with Gasteiger partial charge in [-0.15, -0.1) is 0 Å². The van der Waals surface area contributed by atoms with E-state index in [0.717, 1.165) is 56.0 Å². The minimum absolute atomic E-state index is 0.152. The highest BCUT2D eigenvalue weighted by molar-refractivity contribution is 5.41. The third kappa shape index (κ3) is 4.12. The van der Waals surface area contributed by atoms with Crippen LogP contribution in [0.3, 0.4) is 0 Å². The molecule has 0 spiro atoms. The highest BCUT2D eigenvalue weighted by Gasteiger charge is 2.18. The average Bonchev–Trinajstić information content (AvgIpc) is 2.50. The van der Waals surface area contributed by atoms with Crippen molar-refractivity contribution in [2.24, 2.45) is 5.73 Å². The second kappa shape index (κ2) is 7.50. The van der Waals surface area contributed by atoms with E-state index in [9.17, 15) is 0 Å². The van der Waals surface area contributed by atoms with Crippen molar-refractivity contribution in [2.75, 3.05) is 20.3 Å². The van der Waals surface area contributed by atoms with Gasteiger partial charge in [-0.25, -0.2) is 0 Å². The monoisotopic (exact) mass is 279 g/mol. The molecule has 1 aliphatic heterocycles. The van der Waals surface area contributed by atoms with Crippen LogP contribution in [0.25, 0.3) is 0 Å². The number of ether oxygens (including phenoxy) is 3. The number of nitrogens with two attached hydrogens (primary N) is 1. The Balaban J connectivity index is 2.12. The van der Waals surface area contributed by atoms with Crippen LogP contribution in [0.4, 0.5) is 0 Å². The predicted molar refractivity (Wildman–Crippen MR) is 79.4 cm³/mol. The van der Waals surface area contributed by atoms with Crippen LogP contribution >= 0.6 is 0 Å². The van der Waals surface area contributed by atoms with Gasteiger partial charge in [-0.3, -0.25) is 0 Å². The summed E-state index contributed by atoms with van der Waals surface area (Å²) < 4.78 is 16.8. The largest absolute Gasteiger partial charge is 0.497 e. The molecular formula is C16H25NO3. The zero-order valence-corrected chi connectivity index (χ0v) is 12.4. The molecular weight excluding hydrogens is 254 g/mol. The fraction of sp³-hybridized carbons (Fsp3) is 0.625. The molecule has 0 bridgehead atoms. The molecule has 1 aromatic rings. The Labute approximate surface area is 121 Å². The summed E-state index contributed by atoms with van der Waals surface area (Å²) in [6.45, 7) is 3.67. The van der Waals surface area contributed by atoms with Gasteiger partial charge < -0.3 is 19.9 Å².